The van der Waals surface area contributed by atoms with Crippen molar-refractivity contribution in [1.29, 1.82) is 10.5 Å². The number of hydrogen-bond donors (Lipinski definition) is 0. The van der Waals surface area contributed by atoms with E-state index in [0.717, 1.165) is 4.90 Å². The highest BCUT2D eigenvalue weighted by atomic mass is 16.2. The van der Waals surface area contributed by atoms with Crippen LogP contribution >= 0.6 is 0 Å². The van der Waals surface area contributed by atoms with E-state index >= 15 is 0 Å². The number of rotatable bonds is 6. The summed E-state index contributed by atoms with van der Waals surface area (Å²) in [5.74, 6) is -1.45. The van der Waals surface area contributed by atoms with Crippen LogP contribution in [-0.2, 0) is 4.79 Å². The quantitative estimate of drug-likeness (QED) is 0.727. The molecule has 0 N–H and O–H groups in total. The van der Waals surface area contributed by atoms with Gasteiger partial charge in [0.2, 0.25) is 5.91 Å². The lowest BCUT2D eigenvalue weighted by atomic mass is 10.1. The van der Waals surface area contributed by atoms with Crippen molar-refractivity contribution in [3.8, 4) is 12.1 Å². The summed E-state index contributed by atoms with van der Waals surface area (Å²) in [5.41, 5.74) is 0.566. The second-order valence-electron chi connectivity index (χ2n) is 4.94. The average Bonchev–Trinajstić information content (AvgIpc) is 2.80. The van der Waals surface area contributed by atoms with E-state index in [1.807, 2.05) is 12.1 Å². The number of nitriles is 2. The predicted molar refractivity (Wildman–Crippen MR) is 78.8 cm³/mol. The minimum Gasteiger partial charge on any atom is -0.339 e. The second-order valence-corrected chi connectivity index (χ2v) is 4.94. The number of carbonyl (C=O) groups excluding carboxylic acids is 3. The summed E-state index contributed by atoms with van der Waals surface area (Å²) in [5, 5.41) is 17.3. The molecule has 1 aliphatic heterocycles. The fourth-order valence-electron chi connectivity index (χ4n) is 2.35. The Balaban J connectivity index is 2.10. The Kier molecular flexibility index (Phi) is 5.06. The SMILES string of the molecule is N#CCCN(CCC#N)C(=O)CN1C(=O)c2ccccc2C1=O. The molecule has 2 rings (SSSR count). The Hall–Kier alpha value is -3.19. The molecule has 0 aliphatic carbocycles. The van der Waals surface area contributed by atoms with Crippen LogP contribution in [0.25, 0.3) is 0 Å². The summed E-state index contributed by atoms with van der Waals surface area (Å²) < 4.78 is 0. The van der Waals surface area contributed by atoms with E-state index in [4.69, 9.17) is 10.5 Å². The number of imide groups is 1. The van der Waals surface area contributed by atoms with Gasteiger partial charge in [-0.25, -0.2) is 0 Å². The standard InChI is InChI=1S/C16H14N4O3/c17-7-3-9-19(10-4-8-18)14(21)11-20-15(22)12-5-1-2-6-13(12)16(20)23/h1-2,5-6H,3-4,9-11H2. The van der Waals surface area contributed by atoms with Crippen molar-refractivity contribution < 1.29 is 14.4 Å². The number of hydrogen-bond acceptors (Lipinski definition) is 5. The Morgan fingerprint density at radius 3 is 1.91 bits per heavy atom. The molecule has 0 atom stereocenters. The molecule has 0 saturated heterocycles. The molecule has 1 aromatic rings. The minimum absolute atomic E-state index is 0.124. The van der Waals surface area contributed by atoms with Gasteiger partial charge < -0.3 is 4.90 Å². The van der Waals surface area contributed by atoms with Gasteiger partial charge in [-0.15, -0.1) is 0 Å². The number of fused-ring (bicyclic) bond motifs is 1. The van der Waals surface area contributed by atoms with E-state index < -0.39 is 17.7 Å². The molecule has 3 amide bonds. The third kappa shape index (κ3) is 3.35. The number of carbonyl (C=O) groups is 3. The fraction of sp³-hybridized carbons (Fsp3) is 0.312. The summed E-state index contributed by atoms with van der Waals surface area (Å²) in [6, 6.07) is 10.3. The van der Waals surface area contributed by atoms with Gasteiger partial charge >= 0.3 is 0 Å². The first-order chi connectivity index (χ1) is 11.1. The molecule has 0 bridgehead atoms. The first kappa shape index (κ1) is 16.2. The molecular weight excluding hydrogens is 296 g/mol. The lowest BCUT2D eigenvalue weighted by Crippen LogP contribution is -2.43. The van der Waals surface area contributed by atoms with Gasteiger partial charge in [-0.05, 0) is 12.1 Å². The van der Waals surface area contributed by atoms with Crippen LogP contribution in [0, 0.1) is 22.7 Å². The van der Waals surface area contributed by atoms with E-state index in [1.165, 1.54) is 4.90 Å². The lowest BCUT2D eigenvalue weighted by molar-refractivity contribution is -0.131. The zero-order valence-corrected chi connectivity index (χ0v) is 12.4. The zero-order chi connectivity index (χ0) is 16.8. The van der Waals surface area contributed by atoms with Crippen molar-refractivity contribution in [3.05, 3.63) is 35.4 Å². The molecule has 23 heavy (non-hydrogen) atoms. The molecule has 0 unspecified atom stereocenters. The lowest BCUT2D eigenvalue weighted by Gasteiger charge is -2.23. The molecule has 116 valence electrons. The van der Waals surface area contributed by atoms with E-state index in [2.05, 4.69) is 0 Å². The van der Waals surface area contributed by atoms with Crippen LogP contribution in [-0.4, -0.2) is 47.2 Å². The maximum Gasteiger partial charge on any atom is 0.262 e. The normalized spacial score (nSPS) is 12.5. The molecule has 0 fully saturated rings. The van der Waals surface area contributed by atoms with Crippen molar-refractivity contribution >= 4 is 17.7 Å². The highest BCUT2D eigenvalue weighted by Crippen LogP contribution is 2.22. The fourth-order valence-corrected chi connectivity index (χ4v) is 2.35. The van der Waals surface area contributed by atoms with Gasteiger partial charge in [0.25, 0.3) is 11.8 Å². The topological polar surface area (TPSA) is 105 Å². The summed E-state index contributed by atoms with van der Waals surface area (Å²) in [6.45, 7) is -0.0520. The second kappa shape index (κ2) is 7.19. The molecule has 0 saturated carbocycles. The third-order valence-corrected chi connectivity index (χ3v) is 3.51. The zero-order valence-electron chi connectivity index (χ0n) is 12.4. The third-order valence-electron chi connectivity index (χ3n) is 3.51. The molecule has 0 spiro atoms. The van der Waals surface area contributed by atoms with E-state index in [0.29, 0.717) is 0 Å². The number of nitrogens with zero attached hydrogens (tertiary/aromatic N) is 4. The molecule has 7 nitrogen and oxygen atoms in total. The van der Waals surface area contributed by atoms with Crippen molar-refractivity contribution in [3.63, 3.8) is 0 Å². The van der Waals surface area contributed by atoms with Crippen LogP contribution in [0.3, 0.4) is 0 Å². The predicted octanol–water partition coefficient (Wildman–Crippen LogP) is 0.939. The van der Waals surface area contributed by atoms with Crippen LogP contribution in [0.2, 0.25) is 0 Å². The Morgan fingerprint density at radius 2 is 1.48 bits per heavy atom. The molecule has 1 aliphatic rings. The monoisotopic (exact) mass is 310 g/mol. The van der Waals surface area contributed by atoms with Crippen molar-refractivity contribution in [2.24, 2.45) is 0 Å². The highest BCUT2D eigenvalue weighted by molar-refractivity contribution is 6.22. The minimum atomic E-state index is -0.500. The molecular formula is C16H14N4O3. The van der Waals surface area contributed by atoms with Gasteiger partial charge in [0, 0.05) is 13.1 Å². The smallest absolute Gasteiger partial charge is 0.262 e. The summed E-state index contributed by atoms with van der Waals surface area (Å²) in [7, 11) is 0. The average molecular weight is 310 g/mol. The molecule has 7 heteroatoms. The van der Waals surface area contributed by atoms with Crippen LogP contribution < -0.4 is 0 Å². The number of amides is 3. The first-order valence-corrected chi connectivity index (χ1v) is 7.07. The van der Waals surface area contributed by atoms with E-state index in [9.17, 15) is 14.4 Å². The largest absolute Gasteiger partial charge is 0.339 e. The van der Waals surface area contributed by atoms with Crippen LogP contribution in [0.5, 0.6) is 0 Å². The van der Waals surface area contributed by atoms with Gasteiger partial charge in [-0.2, -0.15) is 10.5 Å². The van der Waals surface area contributed by atoms with Gasteiger partial charge in [0.15, 0.2) is 0 Å². The van der Waals surface area contributed by atoms with Gasteiger partial charge in [-0.1, -0.05) is 12.1 Å². The maximum absolute atomic E-state index is 12.3. The summed E-state index contributed by atoms with van der Waals surface area (Å²) in [4.78, 5) is 39.0. The highest BCUT2D eigenvalue weighted by Gasteiger charge is 2.36. The van der Waals surface area contributed by atoms with Crippen molar-refractivity contribution in [2.45, 2.75) is 12.8 Å². The summed E-state index contributed by atoms with van der Waals surface area (Å²) in [6.07, 6.45) is 0.249. The van der Waals surface area contributed by atoms with E-state index in [1.54, 1.807) is 24.3 Å². The Morgan fingerprint density at radius 1 is 1.00 bits per heavy atom. The number of benzene rings is 1. The molecule has 0 radical (unpaired) electrons. The van der Waals surface area contributed by atoms with Gasteiger partial charge in [0.1, 0.15) is 6.54 Å². The van der Waals surface area contributed by atoms with Crippen molar-refractivity contribution in [2.75, 3.05) is 19.6 Å². The van der Waals surface area contributed by atoms with Crippen LogP contribution in [0.4, 0.5) is 0 Å². The molecule has 0 aromatic heterocycles. The van der Waals surface area contributed by atoms with Crippen molar-refractivity contribution in [1.82, 2.24) is 9.80 Å². The van der Waals surface area contributed by atoms with E-state index in [-0.39, 0.29) is 43.6 Å². The van der Waals surface area contributed by atoms with Crippen LogP contribution in [0.1, 0.15) is 33.6 Å². The Labute approximate surface area is 133 Å². The summed E-state index contributed by atoms with van der Waals surface area (Å²) >= 11 is 0. The van der Waals surface area contributed by atoms with Gasteiger partial charge in [0.05, 0.1) is 36.1 Å². The van der Waals surface area contributed by atoms with Crippen LogP contribution in [0.15, 0.2) is 24.3 Å². The molecule has 1 heterocycles. The Bertz CT molecular complexity index is 677. The molecule has 1 aromatic carbocycles. The first-order valence-electron chi connectivity index (χ1n) is 7.07. The van der Waals surface area contributed by atoms with Gasteiger partial charge in [-0.3, -0.25) is 19.3 Å². The maximum atomic E-state index is 12.3.